The van der Waals surface area contributed by atoms with E-state index in [0.717, 1.165) is 38.5 Å². The van der Waals surface area contributed by atoms with Crippen molar-refractivity contribution in [2.45, 2.75) is 283 Å². The number of carbonyl (C=O) groups excluding carboxylic acids is 1. The number of hydrogen-bond acceptors (Lipinski definition) is 4. The van der Waals surface area contributed by atoms with Gasteiger partial charge in [0.1, 0.15) is 0 Å². The van der Waals surface area contributed by atoms with Gasteiger partial charge in [0.05, 0.1) is 31.3 Å². The lowest BCUT2D eigenvalue weighted by Crippen LogP contribution is -2.45. The Morgan fingerprint density at radius 2 is 0.754 bits per heavy atom. The highest BCUT2D eigenvalue weighted by atomic mass is 16.3. The van der Waals surface area contributed by atoms with E-state index in [1.165, 1.54) is 199 Å². The predicted molar refractivity (Wildman–Crippen MR) is 250 cm³/mol. The lowest BCUT2D eigenvalue weighted by molar-refractivity contribution is -0.124. The molecule has 4 N–H and O–H groups in total. The summed E-state index contributed by atoms with van der Waals surface area (Å²) in [4.78, 5) is 12.5. The molecule has 0 aromatic carbocycles. The normalized spacial score (nSPS) is 13.7. The number of unbranched alkanes of at least 4 members (excludes halogenated alkanes) is 33. The average molecular weight is 802 g/mol. The standard InChI is InChI=1S/C52H99NO4/c1-3-5-7-9-11-13-15-17-19-20-21-22-23-24-25-26-27-28-29-30-32-33-35-37-39-41-43-45-49(55)47-52(57)53-50(48-54)51(56)46-44-42-40-38-36-34-31-18-16-14-12-10-8-6-4-2/h16,18,36,38,44,46,49-51,54-56H,3-15,17,19-35,37,39-43,45,47-48H2,1-2H3,(H,53,57)/b18-16+,38-36+,46-44+. The van der Waals surface area contributed by atoms with Gasteiger partial charge in [-0.25, -0.2) is 0 Å². The first-order valence-corrected chi connectivity index (χ1v) is 25.3. The second-order valence-electron chi connectivity index (χ2n) is 17.4. The van der Waals surface area contributed by atoms with E-state index in [4.69, 9.17) is 0 Å². The first-order chi connectivity index (χ1) is 28.0. The van der Waals surface area contributed by atoms with E-state index in [1.54, 1.807) is 6.08 Å². The van der Waals surface area contributed by atoms with Crippen molar-refractivity contribution in [2.75, 3.05) is 6.61 Å². The summed E-state index contributed by atoms with van der Waals surface area (Å²) in [5.74, 6) is -0.326. The maximum Gasteiger partial charge on any atom is 0.222 e. The van der Waals surface area contributed by atoms with Crippen LogP contribution >= 0.6 is 0 Å². The van der Waals surface area contributed by atoms with Crippen LogP contribution in [0, 0.1) is 0 Å². The largest absolute Gasteiger partial charge is 0.394 e. The van der Waals surface area contributed by atoms with E-state index in [9.17, 15) is 20.1 Å². The van der Waals surface area contributed by atoms with Gasteiger partial charge in [-0.15, -0.1) is 0 Å². The van der Waals surface area contributed by atoms with Crippen molar-refractivity contribution < 1.29 is 20.1 Å². The molecule has 0 spiro atoms. The molecule has 1 amide bonds. The Hall–Kier alpha value is -1.43. The Labute approximate surface area is 355 Å². The summed E-state index contributed by atoms with van der Waals surface area (Å²) in [6.07, 6.45) is 60.3. The van der Waals surface area contributed by atoms with Gasteiger partial charge in [0, 0.05) is 0 Å². The van der Waals surface area contributed by atoms with E-state index in [1.807, 2.05) is 6.08 Å². The molecule has 0 aromatic heterocycles. The fourth-order valence-corrected chi connectivity index (χ4v) is 7.79. The van der Waals surface area contributed by atoms with Gasteiger partial charge in [0.25, 0.3) is 0 Å². The second kappa shape index (κ2) is 47.3. The van der Waals surface area contributed by atoms with Gasteiger partial charge in [0.2, 0.25) is 5.91 Å². The molecule has 0 rings (SSSR count). The molecule has 0 saturated carbocycles. The molecule has 0 heterocycles. The Kier molecular flexibility index (Phi) is 46.1. The third kappa shape index (κ3) is 44.0. The van der Waals surface area contributed by atoms with Crippen molar-refractivity contribution in [3.63, 3.8) is 0 Å². The van der Waals surface area contributed by atoms with Gasteiger partial charge in [-0.05, 0) is 44.9 Å². The summed E-state index contributed by atoms with van der Waals surface area (Å²) in [5.41, 5.74) is 0. The maximum absolute atomic E-state index is 12.5. The van der Waals surface area contributed by atoms with Crippen LogP contribution in [0.25, 0.3) is 0 Å². The van der Waals surface area contributed by atoms with E-state index in [2.05, 4.69) is 43.5 Å². The van der Waals surface area contributed by atoms with Gasteiger partial charge in [-0.2, -0.15) is 0 Å². The minimum Gasteiger partial charge on any atom is -0.394 e. The number of aliphatic hydroxyl groups is 3. The zero-order valence-electron chi connectivity index (χ0n) is 38.2. The highest BCUT2D eigenvalue weighted by Crippen LogP contribution is 2.17. The molecule has 5 heteroatoms. The average Bonchev–Trinajstić information content (AvgIpc) is 3.20. The van der Waals surface area contributed by atoms with Crippen LogP contribution in [0.3, 0.4) is 0 Å². The van der Waals surface area contributed by atoms with Crippen molar-refractivity contribution >= 4 is 5.91 Å². The van der Waals surface area contributed by atoms with Crippen LogP contribution < -0.4 is 5.32 Å². The highest BCUT2D eigenvalue weighted by molar-refractivity contribution is 5.76. The lowest BCUT2D eigenvalue weighted by atomic mass is 10.0. The molecule has 0 aliphatic carbocycles. The van der Waals surface area contributed by atoms with Crippen molar-refractivity contribution in [1.29, 1.82) is 0 Å². The summed E-state index contributed by atoms with van der Waals surface area (Å²) >= 11 is 0. The van der Waals surface area contributed by atoms with E-state index in [-0.39, 0.29) is 18.9 Å². The van der Waals surface area contributed by atoms with Gasteiger partial charge >= 0.3 is 0 Å². The molecule has 0 aliphatic rings. The van der Waals surface area contributed by atoms with Crippen LogP contribution in [0.2, 0.25) is 0 Å². The number of amides is 1. The fraction of sp³-hybridized carbons (Fsp3) is 0.865. The number of rotatable bonds is 46. The van der Waals surface area contributed by atoms with Gasteiger partial charge < -0.3 is 20.6 Å². The third-order valence-corrected chi connectivity index (χ3v) is 11.7. The van der Waals surface area contributed by atoms with Gasteiger partial charge in [-0.3, -0.25) is 4.79 Å². The molecule has 0 aromatic rings. The molecule has 3 unspecified atom stereocenters. The first kappa shape index (κ1) is 55.6. The topological polar surface area (TPSA) is 89.8 Å². The molecule has 0 bridgehead atoms. The number of hydrogen-bond donors (Lipinski definition) is 4. The molecule has 0 saturated heterocycles. The Morgan fingerprint density at radius 3 is 1.12 bits per heavy atom. The van der Waals surface area contributed by atoms with E-state index < -0.39 is 18.2 Å². The molecule has 0 fully saturated rings. The summed E-state index contributed by atoms with van der Waals surface area (Å²) < 4.78 is 0. The minimum absolute atomic E-state index is 0.00531. The van der Waals surface area contributed by atoms with Crippen LogP contribution in [0.4, 0.5) is 0 Å². The molecular weight excluding hydrogens is 703 g/mol. The van der Waals surface area contributed by atoms with Crippen molar-refractivity contribution in [3.05, 3.63) is 36.5 Å². The summed E-state index contributed by atoms with van der Waals surface area (Å²) in [7, 11) is 0. The van der Waals surface area contributed by atoms with Crippen LogP contribution in [0.15, 0.2) is 36.5 Å². The quantitative estimate of drug-likeness (QED) is 0.0365. The SMILES string of the molecule is CCCCCCC/C=C/CC/C=C/CC/C=C/C(O)C(CO)NC(=O)CC(O)CCCCCCCCCCCCCCCCCCCCCCCCCCCCC. The molecular formula is C52H99NO4. The zero-order valence-corrected chi connectivity index (χ0v) is 38.2. The minimum atomic E-state index is -0.958. The summed E-state index contributed by atoms with van der Waals surface area (Å²) in [5, 5.41) is 33.3. The Morgan fingerprint density at radius 1 is 0.439 bits per heavy atom. The van der Waals surface area contributed by atoms with Crippen LogP contribution in [0.1, 0.15) is 264 Å². The van der Waals surface area contributed by atoms with Gasteiger partial charge in [0.15, 0.2) is 0 Å². The van der Waals surface area contributed by atoms with Crippen LogP contribution in [0.5, 0.6) is 0 Å². The molecule has 5 nitrogen and oxygen atoms in total. The summed E-state index contributed by atoms with van der Waals surface area (Å²) in [6.45, 7) is 4.20. The molecule has 0 aliphatic heterocycles. The molecule has 0 radical (unpaired) electrons. The first-order valence-electron chi connectivity index (χ1n) is 25.3. The Bertz CT molecular complexity index is 885. The number of carbonyl (C=O) groups is 1. The number of nitrogens with one attached hydrogen (secondary N) is 1. The van der Waals surface area contributed by atoms with Crippen molar-refractivity contribution in [2.24, 2.45) is 0 Å². The molecule has 57 heavy (non-hydrogen) atoms. The lowest BCUT2D eigenvalue weighted by Gasteiger charge is -2.21. The molecule has 3 atom stereocenters. The highest BCUT2D eigenvalue weighted by Gasteiger charge is 2.20. The van der Waals surface area contributed by atoms with Crippen LogP contribution in [-0.4, -0.2) is 46.1 Å². The smallest absolute Gasteiger partial charge is 0.222 e. The predicted octanol–water partition coefficient (Wildman–Crippen LogP) is 15.1. The summed E-state index contributed by atoms with van der Waals surface area (Å²) in [6, 6.07) is -0.765. The van der Waals surface area contributed by atoms with Crippen LogP contribution in [-0.2, 0) is 4.79 Å². The monoisotopic (exact) mass is 802 g/mol. The third-order valence-electron chi connectivity index (χ3n) is 11.7. The Balaban J connectivity index is 3.57. The fourth-order valence-electron chi connectivity index (χ4n) is 7.79. The maximum atomic E-state index is 12.5. The van der Waals surface area contributed by atoms with E-state index >= 15 is 0 Å². The zero-order chi connectivity index (χ0) is 41.5. The van der Waals surface area contributed by atoms with Crippen molar-refractivity contribution in [3.8, 4) is 0 Å². The second-order valence-corrected chi connectivity index (χ2v) is 17.4. The number of allylic oxidation sites excluding steroid dienone is 5. The number of aliphatic hydroxyl groups excluding tert-OH is 3. The van der Waals surface area contributed by atoms with Gasteiger partial charge in [-0.1, -0.05) is 249 Å². The van der Waals surface area contributed by atoms with E-state index in [0.29, 0.717) is 6.42 Å². The molecule has 336 valence electrons. The van der Waals surface area contributed by atoms with Crippen molar-refractivity contribution in [1.82, 2.24) is 5.32 Å².